The maximum atomic E-state index is 12.9. The average molecular weight is 379 g/mol. The highest BCUT2D eigenvalue weighted by Gasteiger charge is 2.24. The van der Waals surface area contributed by atoms with Crippen molar-refractivity contribution in [2.24, 2.45) is 0 Å². The number of carboxylic acids is 1. The van der Waals surface area contributed by atoms with E-state index in [1.165, 1.54) is 7.11 Å². The van der Waals surface area contributed by atoms with Gasteiger partial charge in [-0.05, 0) is 30.2 Å². The number of nitrogens with one attached hydrogen (secondary N) is 1. The molecular formula is C21H21N3O4. The molecule has 3 aromatic rings. The first-order valence-corrected chi connectivity index (χ1v) is 8.77. The van der Waals surface area contributed by atoms with Crippen molar-refractivity contribution < 1.29 is 19.4 Å². The number of methoxy groups -OCH3 is 1. The van der Waals surface area contributed by atoms with Crippen molar-refractivity contribution in [3.8, 4) is 11.4 Å². The fourth-order valence-corrected chi connectivity index (χ4v) is 3.00. The first-order chi connectivity index (χ1) is 13.5. The zero-order valence-electron chi connectivity index (χ0n) is 15.6. The Morgan fingerprint density at radius 3 is 2.46 bits per heavy atom. The van der Waals surface area contributed by atoms with Gasteiger partial charge in [-0.1, -0.05) is 42.5 Å². The predicted molar refractivity (Wildman–Crippen MR) is 104 cm³/mol. The van der Waals surface area contributed by atoms with Crippen LogP contribution < -0.4 is 10.1 Å². The summed E-state index contributed by atoms with van der Waals surface area (Å²) >= 11 is 0. The summed E-state index contributed by atoms with van der Waals surface area (Å²) < 4.78 is 6.85. The van der Waals surface area contributed by atoms with Gasteiger partial charge >= 0.3 is 5.97 Å². The van der Waals surface area contributed by atoms with Crippen LogP contribution in [0.5, 0.6) is 5.75 Å². The molecule has 144 valence electrons. The summed E-state index contributed by atoms with van der Waals surface area (Å²) in [6.07, 6.45) is 1.38. The maximum absolute atomic E-state index is 12.9. The molecule has 28 heavy (non-hydrogen) atoms. The van der Waals surface area contributed by atoms with Gasteiger partial charge in [0, 0.05) is 0 Å². The number of aliphatic carboxylic acids is 1. The van der Waals surface area contributed by atoms with Crippen LogP contribution >= 0.6 is 0 Å². The molecule has 0 spiro atoms. The molecule has 2 N–H and O–H groups in total. The Morgan fingerprint density at radius 2 is 1.82 bits per heavy atom. The number of aryl methyl sites for hydroxylation is 1. The van der Waals surface area contributed by atoms with Crippen molar-refractivity contribution in [3.63, 3.8) is 0 Å². The van der Waals surface area contributed by atoms with E-state index in [-0.39, 0.29) is 12.1 Å². The summed E-state index contributed by atoms with van der Waals surface area (Å²) in [5.74, 6) is -1.20. The van der Waals surface area contributed by atoms with Crippen LogP contribution in [0.1, 0.15) is 34.1 Å². The summed E-state index contributed by atoms with van der Waals surface area (Å²) in [6.45, 7) is 1.88. The van der Waals surface area contributed by atoms with Gasteiger partial charge in [0.2, 0.25) is 0 Å². The highest BCUT2D eigenvalue weighted by molar-refractivity contribution is 5.95. The van der Waals surface area contributed by atoms with Crippen LogP contribution in [-0.4, -0.2) is 33.9 Å². The van der Waals surface area contributed by atoms with E-state index in [1.54, 1.807) is 10.9 Å². The number of ether oxygens (including phenoxy) is 1. The van der Waals surface area contributed by atoms with Gasteiger partial charge in [0.15, 0.2) is 11.4 Å². The lowest BCUT2D eigenvalue weighted by molar-refractivity contribution is -0.137. The molecule has 0 radical (unpaired) electrons. The second-order valence-electron chi connectivity index (χ2n) is 6.31. The third kappa shape index (κ3) is 4.20. The molecule has 1 amide bonds. The van der Waals surface area contributed by atoms with Crippen LogP contribution in [0, 0.1) is 6.92 Å². The summed E-state index contributed by atoms with van der Waals surface area (Å²) in [6, 6.07) is 16.0. The molecule has 7 heteroatoms. The van der Waals surface area contributed by atoms with Crippen LogP contribution in [0.4, 0.5) is 0 Å². The van der Waals surface area contributed by atoms with Crippen molar-refractivity contribution >= 4 is 11.9 Å². The van der Waals surface area contributed by atoms with Crippen LogP contribution in [0.25, 0.3) is 5.69 Å². The van der Waals surface area contributed by atoms with Gasteiger partial charge in [0.05, 0.1) is 31.5 Å². The number of carbonyl (C=O) groups excluding carboxylic acids is 1. The molecule has 7 nitrogen and oxygen atoms in total. The van der Waals surface area contributed by atoms with Gasteiger partial charge in [0.1, 0.15) is 0 Å². The molecule has 2 aromatic carbocycles. The number of carbonyl (C=O) groups is 2. The molecular weight excluding hydrogens is 358 g/mol. The SMILES string of the molecule is COc1cn(-c2ccccc2)nc1C(=O)N[C@@H](CC(=O)O)c1ccccc1C. The second-order valence-corrected chi connectivity index (χ2v) is 6.31. The molecule has 3 rings (SSSR count). The lowest BCUT2D eigenvalue weighted by Gasteiger charge is -2.19. The van der Waals surface area contributed by atoms with Crippen LogP contribution in [0.15, 0.2) is 60.8 Å². The normalized spacial score (nSPS) is 11.6. The maximum Gasteiger partial charge on any atom is 0.305 e. The molecule has 0 saturated heterocycles. The lowest BCUT2D eigenvalue weighted by atomic mass is 9.98. The molecule has 0 aliphatic heterocycles. The van der Waals surface area contributed by atoms with Crippen molar-refractivity contribution in [2.45, 2.75) is 19.4 Å². The molecule has 0 aliphatic rings. The number of aromatic nitrogens is 2. The minimum atomic E-state index is -1.00. The quantitative estimate of drug-likeness (QED) is 0.658. The van der Waals surface area contributed by atoms with Crippen molar-refractivity contribution in [1.82, 2.24) is 15.1 Å². The largest absolute Gasteiger partial charge is 0.493 e. The lowest BCUT2D eigenvalue weighted by Crippen LogP contribution is -2.31. The topological polar surface area (TPSA) is 93.5 Å². The van der Waals surface area contributed by atoms with E-state index in [4.69, 9.17) is 4.74 Å². The van der Waals surface area contributed by atoms with Gasteiger partial charge in [-0.2, -0.15) is 5.10 Å². The molecule has 0 bridgehead atoms. The molecule has 0 unspecified atom stereocenters. The summed E-state index contributed by atoms with van der Waals surface area (Å²) in [4.78, 5) is 24.2. The van der Waals surface area contributed by atoms with E-state index < -0.39 is 17.9 Å². The molecule has 0 fully saturated rings. The predicted octanol–water partition coefficient (Wildman–Crippen LogP) is 3.14. The number of para-hydroxylation sites is 1. The van der Waals surface area contributed by atoms with E-state index in [9.17, 15) is 14.7 Å². The number of benzene rings is 2. The zero-order chi connectivity index (χ0) is 20.1. The summed E-state index contributed by atoms with van der Waals surface area (Å²) in [5, 5.41) is 16.4. The smallest absolute Gasteiger partial charge is 0.305 e. The van der Waals surface area contributed by atoms with Crippen LogP contribution in [-0.2, 0) is 4.79 Å². The second kappa shape index (κ2) is 8.39. The Bertz CT molecular complexity index is 982. The summed E-state index contributed by atoms with van der Waals surface area (Å²) in [7, 11) is 1.46. The third-order valence-corrected chi connectivity index (χ3v) is 4.38. The number of carboxylic acid groups (broad SMARTS) is 1. The molecule has 0 aliphatic carbocycles. The standard InChI is InChI=1S/C21H21N3O4/c1-14-8-6-7-11-16(14)17(12-19(25)26)22-21(27)20-18(28-2)13-24(23-20)15-9-4-3-5-10-15/h3-11,13,17H,12H2,1-2H3,(H,22,27)(H,25,26)/t17-/m0/s1. The Balaban J connectivity index is 1.91. The minimum absolute atomic E-state index is 0.0929. The van der Waals surface area contributed by atoms with E-state index in [0.717, 1.165) is 16.8 Å². The first kappa shape index (κ1) is 19.2. The highest BCUT2D eigenvalue weighted by atomic mass is 16.5. The van der Waals surface area contributed by atoms with E-state index in [1.807, 2.05) is 61.5 Å². The van der Waals surface area contributed by atoms with E-state index in [2.05, 4.69) is 10.4 Å². The van der Waals surface area contributed by atoms with Crippen LogP contribution in [0.3, 0.4) is 0 Å². The fourth-order valence-electron chi connectivity index (χ4n) is 3.00. The van der Waals surface area contributed by atoms with E-state index in [0.29, 0.717) is 5.75 Å². The minimum Gasteiger partial charge on any atom is -0.493 e. The molecule has 1 aromatic heterocycles. The monoisotopic (exact) mass is 379 g/mol. The van der Waals surface area contributed by atoms with Gasteiger partial charge < -0.3 is 15.2 Å². The molecule has 1 atom stereocenters. The Kier molecular flexibility index (Phi) is 5.74. The number of nitrogens with zero attached hydrogens (tertiary/aromatic N) is 2. The zero-order valence-corrected chi connectivity index (χ0v) is 15.6. The Labute approximate surface area is 162 Å². The average Bonchev–Trinajstić information content (AvgIpc) is 3.13. The molecule has 0 saturated carbocycles. The van der Waals surface area contributed by atoms with Gasteiger partial charge in [-0.25, -0.2) is 4.68 Å². The van der Waals surface area contributed by atoms with Crippen molar-refractivity contribution in [2.75, 3.05) is 7.11 Å². The van der Waals surface area contributed by atoms with Gasteiger partial charge in [-0.15, -0.1) is 0 Å². The fraction of sp³-hybridized carbons (Fsp3) is 0.190. The first-order valence-electron chi connectivity index (χ1n) is 8.77. The number of rotatable bonds is 7. The van der Waals surface area contributed by atoms with Gasteiger partial charge in [0.25, 0.3) is 5.91 Å². The van der Waals surface area contributed by atoms with Crippen LogP contribution in [0.2, 0.25) is 0 Å². The van der Waals surface area contributed by atoms with Crippen molar-refractivity contribution in [1.29, 1.82) is 0 Å². The van der Waals surface area contributed by atoms with E-state index >= 15 is 0 Å². The number of hydrogen-bond donors (Lipinski definition) is 2. The highest BCUT2D eigenvalue weighted by Crippen LogP contribution is 2.24. The molecule has 1 heterocycles. The van der Waals surface area contributed by atoms with Gasteiger partial charge in [-0.3, -0.25) is 9.59 Å². The van der Waals surface area contributed by atoms with Crippen molar-refractivity contribution in [3.05, 3.63) is 77.6 Å². The third-order valence-electron chi connectivity index (χ3n) is 4.38. The Hall–Kier alpha value is -3.61. The summed E-state index contributed by atoms with van der Waals surface area (Å²) in [5.41, 5.74) is 2.52. The Morgan fingerprint density at radius 1 is 1.14 bits per heavy atom. The number of hydrogen-bond acceptors (Lipinski definition) is 4. The number of amides is 1.